The average Bonchev–Trinajstić information content (AvgIpc) is 2.23. The highest BCUT2D eigenvalue weighted by molar-refractivity contribution is 9.70. The van der Waals surface area contributed by atoms with Gasteiger partial charge in [-0.15, -0.1) is 0 Å². The lowest BCUT2D eigenvalue weighted by Crippen LogP contribution is -2.24. The van der Waals surface area contributed by atoms with Crippen LogP contribution in [0, 0.1) is 0 Å². The van der Waals surface area contributed by atoms with Crippen LogP contribution in [0.25, 0.3) is 0 Å². The van der Waals surface area contributed by atoms with Crippen LogP contribution in [0.1, 0.15) is 16.7 Å². The van der Waals surface area contributed by atoms with Crippen LogP contribution in [0.15, 0.2) is 12.1 Å². The summed E-state index contributed by atoms with van der Waals surface area (Å²) in [6, 6.07) is -0.656. The summed E-state index contributed by atoms with van der Waals surface area (Å²) >= 11 is 5.27. The van der Waals surface area contributed by atoms with Gasteiger partial charge in [0, 0.05) is 5.30 Å². The maximum absolute atomic E-state index is 12.7. The van der Waals surface area contributed by atoms with E-state index in [0.717, 1.165) is 0 Å². The topological polar surface area (TPSA) is 0 Å². The van der Waals surface area contributed by atoms with E-state index in [2.05, 4.69) is 31.0 Å². The van der Waals surface area contributed by atoms with Crippen molar-refractivity contribution in [2.24, 2.45) is 0 Å². The molecule has 12 heteroatoms. The fraction of sp³-hybridized carbons (Fsp3) is 0.333. The summed E-state index contributed by atoms with van der Waals surface area (Å²) in [6.45, 7) is 0. The quantitative estimate of drug-likeness (QED) is 0.325. The van der Waals surface area contributed by atoms with Gasteiger partial charge < -0.3 is 0 Å². The van der Waals surface area contributed by atoms with Crippen molar-refractivity contribution in [2.75, 3.05) is 0 Å². The molecular formula is C9H2Br2F9P. The van der Waals surface area contributed by atoms with Gasteiger partial charge in [-0.1, -0.05) is 0 Å². The minimum Gasteiger partial charge on any atom is -0.166 e. The summed E-state index contributed by atoms with van der Waals surface area (Å²) < 4.78 is 114. The van der Waals surface area contributed by atoms with Gasteiger partial charge in [0.2, 0.25) is 0 Å². The second-order valence-corrected chi connectivity index (χ2v) is 11.7. The van der Waals surface area contributed by atoms with E-state index in [1.54, 1.807) is 0 Å². The molecule has 0 N–H and O–H groups in total. The van der Waals surface area contributed by atoms with E-state index in [-0.39, 0.29) is 6.07 Å². The van der Waals surface area contributed by atoms with Crippen molar-refractivity contribution in [3.63, 3.8) is 0 Å². The van der Waals surface area contributed by atoms with Crippen molar-refractivity contribution in [3.8, 4) is 0 Å². The molecule has 0 aliphatic rings. The first-order chi connectivity index (χ1) is 9.15. The van der Waals surface area contributed by atoms with E-state index in [9.17, 15) is 39.5 Å². The van der Waals surface area contributed by atoms with Gasteiger partial charge in [0.25, 0.3) is 0 Å². The molecule has 0 aliphatic carbocycles. The highest BCUT2D eigenvalue weighted by atomic mass is 79.9. The maximum Gasteiger partial charge on any atom is 0.417 e. The standard InChI is InChI=1S/C9H2Br2F9P/c10-21(11)6-2-4(8(15,16)17)3(7(12,13)14)1-5(6)9(18,19)20/h1-2H. The molecule has 21 heavy (non-hydrogen) atoms. The van der Waals surface area contributed by atoms with Gasteiger partial charge in [0.15, 0.2) is 0 Å². The summed E-state index contributed by atoms with van der Waals surface area (Å²) in [6.07, 6.45) is -16.2. The van der Waals surface area contributed by atoms with E-state index in [0.29, 0.717) is 0 Å². The van der Waals surface area contributed by atoms with Crippen LogP contribution in [0.4, 0.5) is 39.5 Å². The van der Waals surface area contributed by atoms with Gasteiger partial charge in [0.05, 0.1) is 22.0 Å². The van der Waals surface area contributed by atoms with Gasteiger partial charge in [0.1, 0.15) is 0 Å². The monoisotopic (exact) mass is 470 g/mol. The Morgan fingerprint density at radius 1 is 0.619 bits per heavy atom. The zero-order valence-electron chi connectivity index (χ0n) is 9.26. The second-order valence-electron chi connectivity index (χ2n) is 3.64. The fourth-order valence-electron chi connectivity index (χ4n) is 1.42. The SMILES string of the molecule is FC(F)(F)c1cc(C(F)(F)F)c(C(F)(F)F)cc1P(Br)Br. The largest absolute Gasteiger partial charge is 0.417 e. The van der Waals surface area contributed by atoms with Crippen LogP contribution >= 0.6 is 36.3 Å². The van der Waals surface area contributed by atoms with Crippen molar-refractivity contribution >= 4 is 41.6 Å². The average molecular weight is 472 g/mol. The highest BCUT2D eigenvalue weighted by Crippen LogP contribution is 2.54. The molecule has 0 aliphatic heterocycles. The Morgan fingerprint density at radius 3 is 1.24 bits per heavy atom. The molecule has 0 amide bonds. The summed E-state index contributed by atoms with van der Waals surface area (Å²) in [5, 5.41) is -2.99. The second kappa shape index (κ2) is 5.88. The molecule has 120 valence electrons. The lowest BCUT2D eigenvalue weighted by atomic mass is 10.0. The molecule has 0 saturated heterocycles. The molecule has 1 rings (SSSR count). The number of rotatable bonds is 1. The molecule has 0 saturated carbocycles. The molecule has 1 aromatic rings. The van der Waals surface area contributed by atoms with E-state index < -0.39 is 51.9 Å². The Balaban J connectivity index is 3.80. The molecule has 0 spiro atoms. The molecule has 0 unspecified atom stereocenters. The number of hydrogen-bond acceptors (Lipinski definition) is 0. The predicted octanol–water partition coefficient (Wildman–Crippen LogP) is 6.47. The van der Waals surface area contributed by atoms with Crippen molar-refractivity contribution in [3.05, 3.63) is 28.8 Å². The molecule has 0 bridgehead atoms. The van der Waals surface area contributed by atoms with Gasteiger partial charge >= 0.3 is 18.5 Å². The van der Waals surface area contributed by atoms with Gasteiger partial charge in [-0.05, 0) is 43.1 Å². The van der Waals surface area contributed by atoms with Crippen LogP contribution in [0.3, 0.4) is 0 Å². The number of benzene rings is 1. The summed E-state index contributed by atoms with van der Waals surface area (Å²) in [4.78, 5) is 0. The first kappa shape index (κ1) is 19.0. The summed E-state index contributed by atoms with van der Waals surface area (Å²) in [7, 11) is 0. The zero-order chi connectivity index (χ0) is 16.8. The smallest absolute Gasteiger partial charge is 0.166 e. The minimum absolute atomic E-state index is 0.138. The van der Waals surface area contributed by atoms with Crippen LogP contribution in [-0.2, 0) is 18.5 Å². The number of halogens is 11. The van der Waals surface area contributed by atoms with Crippen LogP contribution < -0.4 is 5.30 Å². The molecule has 0 nitrogen and oxygen atoms in total. The molecular weight excluding hydrogens is 470 g/mol. The number of alkyl halides is 9. The minimum atomic E-state index is -5.56. The summed E-state index contributed by atoms with van der Waals surface area (Å²) in [5.74, 6) is 0. The normalized spacial score (nSPS) is 13.9. The lowest BCUT2D eigenvalue weighted by Gasteiger charge is -2.21. The predicted molar refractivity (Wildman–Crippen MR) is 65.9 cm³/mol. The Morgan fingerprint density at radius 2 is 0.952 bits per heavy atom. The van der Waals surface area contributed by atoms with Crippen LogP contribution in [0.5, 0.6) is 0 Å². The third-order valence-electron chi connectivity index (χ3n) is 2.23. The van der Waals surface area contributed by atoms with Crippen molar-refractivity contribution in [1.82, 2.24) is 0 Å². The fourth-order valence-corrected chi connectivity index (χ4v) is 3.78. The van der Waals surface area contributed by atoms with E-state index in [1.807, 2.05) is 0 Å². The van der Waals surface area contributed by atoms with E-state index >= 15 is 0 Å². The molecule has 0 aromatic heterocycles. The highest BCUT2D eigenvalue weighted by Gasteiger charge is 2.46. The van der Waals surface area contributed by atoms with Crippen LogP contribution in [-0.4, -0.2) is 0 Å². The van der Waals surface area contributed by atoms with E-state index in [4.69, 9.17) is 0 Å². The molecule has 0 radical (unpaired) electrons. The molecule has 0 heterocycles. The third-order valence-corrected chi connectivity index (χ3v) is 5.26. The third kappa shape index (κ3) is 4.48. The first-order valence-corrected chi connectivity index (χ1v) is 10.0. The van der Waals surface area contributed by atoms with Crippen molar-refractivity contribution < 1.29 is 39.5 Å². The first-order valence-electron chi connectivity index (χ1n) is 4.67. The Labute approximate surface area is 128 Å². The zero-order valence-corrected chi connectivity index (χ0v) is 13.3. The lowest BCUT2D eigenvalue weighted by molar-refractivity contribution is -0.163. The van der Waals surface area contributed by atoms with Crippen LogP contribution in [0.2, 0.25) is 0 Å². The van der Waals surface area contributed by atoms with Gasteiger partial charge in [-0.3, -0.25) is 0 Å². The Hall–Kier alpha value is -0.0200. The Kier molecular flexibility index (Phi) is 5.33. The van der Waals surface area contributed by atoms with E-state index in [1.165, 1.54) is 0 Å². The maximum atomic E-state index is 12.7. The Bertz CT molecular complexity index is 530. The van der Waals surface area contributed by atoms with Crippen molar-refractivity contribution in [2.45, 2.75) is 18.5 Å². The van der Waals surface area contributed by atoms with Gasteiger partial charge in [-0.2, -0.15) is 39.5 Å². The number of hydrogen-bond donors (Lipinski definition) is 0. The van der Waals surface area contributed by atoms with Gasteiger partial charge in [-0.25, -0.2) is 0 Å². The molecule has 0 atom stereocenters. The summed E-state index contributed by atoms with van der Waals surface area (Å²) in [5.41, 5.74) is -6.31. The van der Waals surface area contributed by atoms with Crippen molar-refractivity contribution in [1.29, 1.82) is 0 Å². The molecule has 1 aromatic carbocycles. The molecule has 0 fully saturated rings.